The Bertz CT molecular complexity index is 393. The monoisotopic (exact) mass is 238 g/mol. The van der Waals surface area contributed by atoms with E-state index in [4.69, 9.17) is 5.73 Å². The maximum absolute atomic E-state index is 13.7. The van der Waals surface area contributed by atoms with Crippen molar-refractivity contribution >= 4 is 0 Å². The standard InChI is InChI=1S/C13H19FN2O/c1-2-9(8-17)16-7-11-10(13(16)6-15)4-3-5-12(11)14/h3-5,9,13,17H,2,6-8,15H2,1H3. The van der Waals surface area contributed by atoms with Crippen LogP contribution in [-0.2, 0) is 6.54 Å². The Labute approximate surface area is 101 Å². The first kappa shape index (κ1) is 12.5. The van der Waals surface area contributed by atoms with E-state index in [0.717, 1.165) is 17.5 Å². The van der Waals surface area contributed by atoms with E-state index in [1.54, 1.807) is 6.07 Å². The van der Waals surface area contributed by atoms with E-state index >= 15 is 0 Å². The molecule has 0 radical (unpaired) electrons. The second-order valence-electron chi connectivity index (χ2n) is 4.48. The zero-order valence-corrected chi connectivity index (χ0v) is 10.1. The quantitative estimate of drug-likeness (QED) is 0.834. The van der Waals surface area contributed by atoms with E-state index in [9.17, 15) is 9.50 Å². The van der Waals surface area contributed by atoms with Gasteiger partial charge in [-0.25, -0.2) is 4.39 Å². The largest absolute Gasteiger partial charge is 0.395 e. The number of halogens is 1. The molecular weight excluding hydrogens is 219 g/mol. The van der Waals surface area contributed by atoms with Crippen molar-refractivity contribution in [1.82, 2.24) is 4.90 Å². The molecule has 0 spiro atoms. The van der Waals surface area contributed by atoms with Gasteiger partial charge in [0, 0.05) is 30.7 Å². The van der Waals surface area contributed by atoms with Gasteiger partial charge in [-0.05, 0) is 18.1 Å². The van der Waals surface area contributed by atoms with Crippen LogP contribution in [0.5, 0.6) is 0 Å². The van der Waals surface area contributed by atoms with Crippen LogP contribution in [-0.4, -0.2) is 29.2 Å². The van der Waals surface area contributed by atoms with Crippen LogP contribution in [0.4, 0.5) is 4.39 Å². The average molecular weight is 238 g/mol. The van der Waals surface area contributed by atoms with Gasteiger partial charge >= 0.3 is 0 Å². The molecule has 0 amide bonds. The van der Waals surface area contributed by atoms with Gasteiger partial charge in [-0.15, -0.1) is 0 Å². The Kier molecular flexibility index (Phi) is 3.76. The van der Waals surface area contributed by atoms with Gasteiger partial charge in [0.1, 0.15) is 5.82 Å². The van der Waals surface area contributed by atoms with Crippen molar-refractivity contribution in [2.24, 2.45) is 5.73 Å². The molecule has 3 nitrogen and oxygen atoms in total. The molecule has 0 aliphatic carbocycles. The molecular formula is C13H19FN2O. The summed E-state index contributed by atoms with van der Waals surface area (Å²) in [5.74, 6) is -0.170. The van der Waals surface area contributed by atoms with Gasteiger partial charge in [0.25, 0.3) is 0 Å². The van der Waals surface area contributed by atoms with Crippen LogP contribution >= 0.6 is 0 Å². The summed E-state index contributed by atoms with van der Waals surface area (Å²) in [6, 6.07) is 5.21. The number of fused-ring (bicyclic) bond motifs is 1. The summed E-state index contributed by atoms with van der Waals surface area (Å²) < 4.78 is 13.7. The summed E-state index contributed by atoms with van der Waals surface area (Å²) in [6.07, 6.45) is 0.836. The summed E-state index contributed by atoms with van der Waals surface area (Å²) in [6.45, 7) is 3.10. The van der Waals surface area contributed by atoms with E-state index in [2.05, 4.69) is 4.90 Å². The molecule has 0 saturated heterocycles. The van der Waals surface area contributed by atoms with Crippen molar-refractivity contribution in [2.45, 2.75) is 32.0 Å². The molecule has 1 aromatic rings. The third-order valence-corrected chi connectivity index (χ3v) is 3.63. The molecule has 2 atom stereocenters. The highest BCUT2D eigenvalue weighted by Gasteiger charge is 2.34. The van der Waals surface area contributed by atoms with Gasteiger partial charge in [0.05, 0.1) is 6.61 Å². The fraction of sp³-hybridized carbons (Fsp3) is 0.538. The second kappa shape index (κ2) is 5.12. The van der Waals surface area contributed by atoms with Crippen molar-refractivity contribution in [3.05, 3.63) is 35.1 Å². The van der Waals surface area contributed by atoms with Gasteiger partial charge in [-0.2, -0.15) is 0 Å². The normalized spacial score (nSPS) is 21.5. The van der Waals surface area contributed by atoms with Gasteiger partial charge in [-0.3, -0.25) is 4.90 Å². The van der Waals surface area contributed by atoms with E-state index in [1.807, 2.05) is 13.0 Å². The molecule has 17 heavy (non-hydrogen) atoms. The molecule has 1 aromatic carbocycles. The lowest BCUT2D eigenvalue weighted by Gasteiger charge is -2.30. The molecule has 3 N–H and O–H groups in total. The predicted octanol–water partition coefficient (Wildman–Crippen LogP) is 1.41. The zero-order valence-electron chi connectivity index (χ0n) is 10.1. The predicted molar refractivity (Wildman–Crippen MR) is 64.9 cm³/mol. The molecule has 2 rings (SSSR count). The highest BCUT2D eigenvalue weighted by molar-refractivity contribution is 5.35. The van der Waals surface area contributed by atoms with Gasteiger partial charge in [0.15, 0.2) is 0 Å². The number of aliphatic hydroxyl groups excluding tert-OH is 1. The van der Waals surface area contributed by atoms with E-state index in [-0.39, 0.29) is 24.5 Å². The fourth-order valence-corrected chi connectivity index (χ4v) is 2.64. The summed E-state index contributed by atoms with van der Waals surface area (Å²) in [5, 5.41) is 9.37. The van der Waals surface area contributed by atoms with Crippen molar-refractivity contribution in [1.29, 1.82) is 0 Å². The van der Waals surface area contributed by atoms with Crippen LogP contribution in [0.25, 0.3) is 0 Å². The number of nitrogens with two attached hydrogens (primary N) is 1. The lowest BCUT2D eigenvalue weighted by atomic mass is 10.0. The van der Waals surface area contributed by atoms with E-state index < -0.39 is 0 Å². The number of aliphatic hydroxyl groups is 1. The lowest BCUT2D eigenvalue weighted by molar-refractivity contribution is 0.0890. The van der Waals surface area contributed by atoms with Crippen LogP contribution in [0.2, 0.25) is 0 Å². The first-order valence-electron chi connectivity index (χ1n) is 6.06. The summed E-state index contributed by atoms with van der Waals surface area (Å²) >= 11 is 0. The van der Waals surface area contributed by atoms with Crippen LogP contribution in [0, 0.1) is 5.82 Å². The minimum absolute atomic E-state index is 0.0257. The molecule has 0 aromatic heterocycles. The average Bonchev–Trinajstić information content (AvgIpc) is 2.71. The Morgan fingerprint density at radius 2 is 2.35 bits per heavy atom. The Hall–Kier alpha value is -0.970. The molecule has 1 heterocycles. The Morgan fingerprint density at radius 3 is 2.94 bits per heavy atom. The van der Waals surface area contributed by atoms with E-state index in [1.165, 1.54) is 6.07 Å². The SMILES string of the molecule is CCC(CO)N1Cc2c(F)cccc2C1CN. The number of benzene rings is 1. The smallest absolute Gasteiger partial charge is 0.128 e. The van der Waals surface area contributed by atoms with Gasteiger partial charge in [-0.1, -0.05) is 19.1 Å². The topological polar surface area (TPSA) is 49.5 Å². The fourth-order valence-electron chi connectivity index (χ4n) is 2.64. The zero-order chi connectivity index (χ0) is 12.4. The molecule has 0 fully saturated rings. The molecule has 0 saturated carbocycles. The number of hydrogen-bond donors (Lipinski definition) is 2. The number of rotatable bonds is 4. The third kappa shape index (κ3) is 2.08. The first-order chi connectivity index (χ1) is 8.22. The highest BCUT2D eigenvalue weighted by atomic mass is 19.1. The molecule has 2 unspecified atom stereocenters. The van der Waals surface area contributed by atoms with Crippen molar-refractivity contribution < 1.29 is 9.50 Å². The van der Waals surface area contributed by atoms with Crippen LogP contribution in [0.15, 0.2) is 18.2 Å². The van der Waals surface area contributed by atoms with E-state index in [0.29, 0.717) is 13.1 Å². The minimum Gasteiger partial charge on any atom is -0.395 e. The summed E-state index contributed by atoms with van der Waals surface area (Å²) in [5.41, 5.74) is 7.49. The lowest BCUT2D eigenvalue weighted by Crippen LogP contribution is -2.38. The maximum Gasteiger partial charge on any atom is 0.128 e. The summed E-state index contributed by atoms with van der Waals surface area (Å²) in [4.78, 5) is 2.10. The second-order valence-corrected chi connectivity index (χ2v) is 4.48. The van der Waals surface area contributed by atoms with Gasteiger partial charge in [0.2, 0.25) is 0 Å². The first-order valence-corrected chi connectivity index (χ1v) is 6.06. The molecule has 4 heteroatoms. The number of hydrogen-bond acceptors (Lipinski definition) is 3. The van der Waals surface area contributed by atoms with Crippen molar-refractivity contribution in [2.75, 3.05) is 13.2 Å². The Balaban J connectivity index is 2.34. The minimum atomic E-state index is -0.170. The molecule has 1 aliphatic rings. The molecule has 1 aliphatic heterocycles. The molecule has 94 valence electrons. The summed E-state index contributed by atoms with van der Waals surface area (Å²) in [7, 11) is 0. The van der Waals surface area contributed by atoms with Crippen LogP contribution < -0.4 is 5.73 Å². The number of nitrogens with zero attached hydrogens (tertiary/aromatic N) is 1. The maximum atomic E-state index is 13.7. The van der Waals surface area contributed by atoms with Crippen molar-refractivity contribution in [3.63, 3.8) is 0 Å². The van der Waals surface area contributed by atoms with Crippen LogP contribution in [0.3, 0.4) is 0 Å². The Morgan fingerprint density at radius 1 is 1.59 bits per heavy atom. The van der Waals surface area contributed by atoms with Crippen LogP contribution in [0.1, 0.15) is 30.5 Å². The molecule has 0 bridgehead atoms. The third-order valence-electron chi connectivity index (χ3n) is 3.63. The van der Waals surface area contributed by atoms with Gasteiger partial charge < -0.3 is 10.8 Å². The highest BCUT2D eigenvalue weighted by Crippen LogP contribution is 2.36. The van der Waals surface area contributed by atoms with Crippen molar-refractivity contribution in [3.8, 4) is 0 Å².